The lowest BCUT2D eigenvalue weighted by molar-refractivity contribution is -0.139. The number of thioether (sulfide) groups is 1. The molecular weight excluding hydrogens is 336 g/mol. The SMILES string of the molecule is Cn1nccc1C1(O)C[C@H]2CC[C@@H](C1)N2C(=O)CSc1ccccn1. The van der Waals surface area contributed by atoms with E-state index < -0.39 is 5.60 Å². The van der Waals surface area contributed by atoms with Gasteiger partial charge in [0.15, 0.2) is 0 Å². The van der Waals surface area contributed by atoms with E-state index in [1.54, 1.807) is 17.1 Å². The third-order valence-electron chi connectivity index (χ3n) is 5.33. The molecule has 3 atom stereocenters. The number of aryl methyl sites for hydroxylation is 1. The molecule has 2 aliphatic heterocycles. The zero-order valence-corrected chi connectivity index (χ0v) is 15.0. The molecule has 0 saturated carbocycles. The van der Waals surface area contributed by atoms with Gasteiger partial charge in [-0.25, -0.2) is 4.98 Å². The van der Waals surface area contributed by atoms with Crippen molar-refractivity contribution in [3.05, 3.63) is 42.4 Å². The summed E-state index contributed by atoms with van der Waals surface area (Å²) in [5.74, 6) is 0.545. The van der Waals surface area contributed by atoms with Gasteiger partial charge in [-0.15, -0.1) is 0 Å². The molecule has 4 rings (SSSR count). The van der Waals surface area contributed by atoms with Gasteiger partial charge in [0.1, 0.15) is 5.60 Å². The van der Waals surface area contributed by atoms with Crippen LogP contribution >= 0.6 is 11.8 Å². The molecule has 0 radical (unpaired) electrons. The quantitative estimate of drug-likeness (QED) is 0.846. The standard InChI is InChI=1S/C18H22N4O2S/c1-21-15(7-9-20-21)18(24)10-13-5-6-14(11-18)22(13)17(23)12-25-16-4-2-3-8-19-16/h2-4,7-9,13-14,24H,5-6,10-12H2,1H3/t13-,14+,18?. The van der Waals surface area contributed by atoms with Crippen LogP contribution in [-0.2, 0) is 17.4 Å². The average Bonchev–Trinajstić information content (AvgIpc) is 3.16. The fourth-order valence-corrected chi connectivity index (χ4v) is 5.04. The Labute approximate surface area is 151 Å². The summed E-state index contributed by atoms with van der Waals surface area (Å²) >= 11 is 1.48. The van der Waals surface area contributed by atoms with Crippen molar-refractivity contribution in [2.75, 3.05) is 5.75 Å². The highest BCUT2D eigenvalue weighted by Gasteiger charge is 2.50. The number of piperidine rings is 1. The summed E-state index contributed by atoms with van der Waals surface area (Å²) in [6.45, 7) is 0. The van der Waals surface area contributed by atoms with E-state index in [-0.39, 0.29) is 18.0 Å². The summed E-state index contributed by atoms with van der Waals surface area (Å²) in [7, 11) is 1.86. The second-order valence-corrected chi connectivity index (χ2v) is 7.92. The molecule has 0 aliphatic carbocycles. The topological polar surface area (TPSA) is 71.2 Å². The van der Waals surface area contributed by atoms with Gasteiger partial charge in [-0.05, 0) is 31.0 Å². The molecule has 2 saturated heterocycles. The summed E-state index contributed by atoms with van der Waals surface area (Å²) in [5, 5.41) is 16.2. The number of hydrogen-bond acceptors (Lipinski definition) is 5. The summed E-state index contributed by atoms with van der Waals surface area (Å²) in [5.41, 5.74) is -0.0403. The molecular formula is C18H22N4O2S. The zero-order valence-electron chi connectivity index (χ0n) is 14.2. The highest BCUT2D eigenvalue weighted by molar-refractivity contribution is 7.99. The molecule has 1 unspecified atom stereocenters. The van der Waals surface area contributed by atoms with Gasteiger partial charge >= 0.3 is 0 Å². The predicted molar refractivity (Wildman–Crippen MR) is 95.0 cm³/mol. The number of carbonyl (C=O) groups excluding carboxylic acids is 1. The van der Waals surface area contributed by atoms with Crippen molar-refractivity contribution < 1.29 is 9.90 Å². The molecule has 25 heavy (non-hydrogen) atoms. The number of rotatable bonds is 4. The number of aromatic nitrogens is 3. The second kappa shape index (κ2) is 6.46. The summed E-state index contributed by atoms with van der Waals surface area (Å²) in [6, 6.07) is 7.82. The molecule has 0 spiro atoms. The Bertz CT molecular complexity index is 749. The molecule has 6 nitrogen and oxygen atoms in total. The number of pyridine rings is 1. The normalized spacial score (nSPS) is 28.3. The van der Waals surface area contributed by atoms with Crippen molar-refractivity contribution in [3.63, 3.8) is 0 Å². The fourth-order valence-electron chi connectivity index (χ4n) is 4.31. The van der Waals surface area contributed by atoms with E-state index in [9.17, 15) is 9.90 Å². The van der Waals surface area contributed by atoms with Gasteiger partial charge in [0, 0.05) is 44.4 Å². The van der Waals surface area contributed by atoms with Crippen molar-refractivity contribution >= 4 is 17.7 Å². The number of carbonyl (C=O) groups is 1. The molecule has 2 aromatic heterocycles. The van der Waals surface area contributed by atoms with Crippen LogP contribution < -0.4 is 0 Å². The van der Waals surface area contributed by atoms with E-state index in [0.29, 0.717) is 18.6 Å². The van der Waals surface area contributed by atoms with Gasteiger partial charge in [0.25, 0.3) is 0 Å². The van der Waals surface area contributed by atoms with Crippen LogP contribution in [0.25, 0.3) is 0 Å². The summed E-state index contributed by atoms with van der Waals surface area (Å²) in [6.07, 6.45) is 6.56. The summed E-state index contributed by atoms with van der Waals surface area (Å²) < 4.78 is 1.74. The van der Waals surface area contributed by atoms with Crippen LogP contribution in [0.2, 0.25) is 0 Å². The molecule has 2 fully saturated rings. The van der Waals surface area contributed by atoms with Gasteiger partial charge < -0.3 is 10.0 Å². The molecule has 1 N–H and O–H groups in total. The number of hydrogen-bond donors (Lipinski definition) is 1. The van der Waals surface area contributed by atoms with Crippen molar-refractivity contribution in [2.24, 2.45) is 7.05 Å². The van der Waals surface area contributed by atoms with Crippen LogP contribution in [0.4, 0.5) is 0 Å². The Morgan fingerprint density at radius 1 is 1.28 bits per heavy atom. The first kappa shape index (κ1) is 16.6. The van der Waals surface area contributed by atoms with E-state index in [0.717, 1.165) is 23.6 Å². The number of amides is 1. The van der Waals surface area contributed by atoms with Crippen LogP contribution in [0.1, 0.15) is 31.4 Å². The minimum absolute atomic E-state index is 0.107. The van der Waals surface area contributed by atoms with E-state index >= 15 is 0 Å². The predicted octanol–water partition coefficient (Wildman–Crippen LogP) is 1.95. The largest absolute Gasteiger partial charge is 0.383 e. The molecule has 1 amide bonds. The van der Waals surface area contributed by atoms with E-state index in [1.165, 1.54) is 11.8 Å². The van der Waals surface area contributed by atoms with Gasteiger partial charge in [-0.2, -0.15) is 5.10 Å². The van der Waals surface area contributed by atoms with E-state index in [2.05, 4.69) is 10.1 Å². The van der Waals surface area contributed by atoms with Crippen LogP contribution in [0.5, 0.6) is 0 Å². The molecule has 132 valence electrons. The first-order valence-electron chi connectivity index (χ1n) is 8.63. The van der Waals surface area contributed by atoms with Crippen molar-refractivity contribution in [3.8, 4) is 0 Å². The highest BCUT2D eigenvalue weighted by Crippen LogP contribution is 2.45. The molecule has 2 bridgehead atoms. The van der Waals surface area contributed by atoms with E-state index in [4.69, 9.17) is 0 Å². The maximum absolute atomic E-state index is 12.8. The van der Waals surface area contributed by atoms with Crippen LogP contribution in [-0.4, -0.2) is 48.5 Å². The Morgan fingerprint density at radius 2 is 2.04 bits per heavy atom. The van der Waals surface area contributed by atoms with Gasteiger partial charge in [0.2, 0.25) is 5.91 Å². The number of aliphatic hydroxyl groups is 1. The summed E-state index contributed by atoms with van der Waals surface area (Å²) in [4.78, 5) is 19.0. The molecule has 7 heteroatoms. The van der Waals surface area contributed by atoms with Gasteiger partial charge in [0.05, 0.1) is 16.5 Å². The fraction of sp³-hybridized carbons (Fsp3) is 0.500. The van der Waals surface area contributed by atoms with Gasteiger partial charge in [-0.1, -0.05) is 17.8 Å². The second-order valence-electron chi connectivity index (χ2n) is 6.92. The Balaban J connectivity index is 1.45. The minimum Gasteiger partial charge on any atom is -0.383 e. The number of fused-ring (bicyclic) bond motifs is 2. The average molecular weight is 358 g/mol. The Kier molecular flexibility index (Phi) is 4.29. The smallest absolute Gasteiger partial charge is 0.233 e. The first-order chi connectivity index (χ1) is 12.1. The molecule has 0 aromatic carbocycles. The zero-order chi connectivity index (χ0) is 17.4. The lowest BCUT2D eigenvalue weighted by Gasteiger charge is -2.43. The maximum Gasteiger partial charge on any atom is 0.233 e. The third-order valence-corrected chi connectivity index (χ3v) is 6.26. The third kappa shape index (κ3) is 3.06. The molecule has 2 aromatic rings. The lowest BCUT2D eigenvalue weighted by Crippen LogP contribution is -2.53. The lowest BCUT2D eigenvalue weighted by atomic mass is 9.83. The van der Waals surface area contributed by atoms with Crippen LogP contribution in [0, 0.1) is 0 Å². The van der Waals surface area contributed by atoms with Crippen LogP contribution in [0.3, 0.4) is 0 Å². The monoisotopic (exact) mass is 358 g/mol. The molecule has 2 aliphatic rings. The Hall–Kier alpha value is -1.86. The Morgan fingerprint density at radius 3 is 2.64 bits per heavy atom. The number of nitrogens with zero attached hydrogens (tertiary/aromatic N) is 4. The minimum atomic E-state index is -0.887. The highest BCUT2D eigenvalue weighted by atomic mass is 32.2. The maximum atomic E-state index is 12.8. The van der Waals surface area contributed by atoms with Crippen molar-refractivity contribution in [1.82, 2.24) is 19.7 Å². The van der Waals surface area contributed by atoms with E-state index in [1.807, 2.05) is 36.2 Å². The molecule has 4 heterocycles. The van der Waals surface area contributed by atoms with Gasteiger partial charge in [-0.3, -0.25) is 9.48 Å². The van der Waals surface area contributed by atoms with Crippen LogP contribution in [0.15, 0.2) is 41.7 Å². The van der Waals surface area contributed by atoms with Crippen molar-refractivity contribution in [1.29, 1.82) is 0 Å². The first-order valence-corrected chi connectivity index (χ1v) is 9.61. The van der Waals surface area contributed by atoms with Crippen molar-refractivity contribution in [2.45, 2.75) is 48.4 Å².